The number of nitrogens with one attached hydrogen (secondary N) is 1. The summed E-state index contributed by atoms with van der Waals surface area (Å²) in [5, 5.41) is 4.03. The van der Waals surface area contributed by atoms with Crippen molar-refractivity contribution in [3.63, 3.8) is 0 Å². The minimum Gasteiger partial charge on any atom is -0.315 e. The fraction of sp³-hybridized carbons (Fsp3) is 0.250. The van der Waals surface area contributed by atoms with Crippen molar-refractivity contribution in [2.45, 2.75) is 12.3 Å². The van der Waals surface area contributed by atoms with Gasteiger partial charge in [0.25, 0.3) is 0 Å². The first-order chi connectivity index (χ1) is 9.65. The third-order valence-corrected chi connectivity index (χ3v) is 3.99. The zero-order valence-corrected chi connectivity index (χ0v) is 13.7. The first kappa shape index (κ1) is 16.1. The molecule has 1 atom stereocenters. The minimum atomic E-state index is -0.433. The number of carbonyl (C=O) groups is 2. The van der Waals surface area contributed by atoms with Crippen LogP contribution < -0.4 is 5.32 Å². The minimum absolute atomic E-state index is 0. The summed E-state index contributed by atoms with van der Waals surface area (Å²) < 4.78 is 0. The molecule has 1 saturated heterocycles. The van der Waals surface area contributed by atoms with E-state index in [1.165, 1.54) is 12.2 Å². The molecule has 1 heterocycles. The van der Waals surface area contributed by atoms with Gasteiger partial charge in [-0.15, -0.1) is 17.0 Å². The summed E-state index contributed by atoms with van der Waals surface area (Å²) in [6, 6.07) is 7.65. The molecular formula is C16H15BrClNO2. The van der Waals surface area contributed by atoms with Gasteiger partial charge in [-0.2, -0.15) is 0 Å². The summed E-state index contributed by atoms with van der Waals surface area (Å²) in [4.78, 5) is 23.2. The lowest BCUT2D eigenvalue weighted by Crippen LogP contribution is -2.22. The highest BCUT2D eigenvalue weighted by molar-refractivity contribution is 8.93. The number of benzene rings is 1. The van der Waals surface area contributed by atoms with Crippen LogP contribution in [0.2, 0.25) is 5.02 Å². The number of carbonyl (C=O) groups excluding carboxylic acids is 2. The highest BCUT2D eigenvalue weighted by atomic mass is 79.9. The Bertz CT molecular complexity index is 651. The van der Waals surface area contributed by atoms with Crippen LogP contribution in [0.4, 0.5) is 0 Å². The van der Waals surface area contributed by atoms with Gasteiger partial charge in [-0.05, 0) is 54.0 Å². The Morgan fingerprint density at radius 1 is 1.14 bits per heavy atom. The van der Waals surface area contributed by atoms with Crippen molar-refractivity contribution < 1.29 is 9.59 Å². The number of allylic oxidation sites excluding steroid dienone is 2. The Hall–Kier alpha value is -1.23. The van der Waals surface area contributed by atoms with Crippen LogP contribution in [0.25, 0.3) is 0 Å². The van der Waals surface area contributed by atoms with Crippen molar-refractivity contribution in [3.05, 3.63) is 58.1 Å². The molecule has 21 heavy (non-hydrogen) atoms. The van der Waals surface area contributed by atoms with Crippen molar-refractivity contribution >= 4 is 40.1 Å². The predicted molar refractivity (Wildman–Crippen MR) is 88.2 cm³/mol. The van der Waals surface area contributed by atoms with Crippen LogP contribution in [0.1, 0.15) is 17.9 Å². The average molecular weight is 369 g/mol. The van der Waals surface area contributed by atoms with E-state index in [1.807, 2.05) is 24.3 Å². The van der Waals surface area contributed by atoms with E-state index in [0.717, 1.165) is 36.2 Å². The van der Waals surface area contributed by atoms with Crippen LogP contribution in [0, 0.1) is 0 Å². The zero-order valence-electron chi connectivity index (χ0n) is 11.3. The molecule has 2 aliphatic rings. The topological polar surface area (TPSA) is 46.2 Å². The Labute approximate surface area is 138 Å². The number of hydrogen-bond acceptors (Lipinski definition) is 3. The highest BCUT2D eigenvalue weighted by Gasteiger charge is 2.28. The highest BCUT2D eigenvalue weighted by Crippen LogP contribution is 2.35. The Balaban J connectivity index is 0.00000161. The summed E-state index contributed by atoms with van der Waals surface area (Å²) in [7, 11) is 0. The molecule has 110 valence electrons. The molecule has 3 rings (SSSR count). The maximum atomic E-state index is 11.7. The van der Waals surface area contributed by atoms with Crippen molar-refractivity contribution in [2.24, 2.45) is 0 Å². The average Bonchev–Trinajstić information content (AvgIpc) is 2.62. The zero-order chi connectivity index (χ0) is 14.1. The third kappa shape index (κ3) is 3.34. The molecule has 0 aromatic heterocycles. The fourth-order valence-electron chi connectivity index (χ4n) is 2.76. The molecule has 1 aliphatic heterocycles. The molecule has 1 fully saturated rings. The molecule has 0 amide bonds. The summed E-state index contributed by atoms with van der Waals surface area (Å²) in [5.74, 6) is -0.798. The van der Waals surface area contributed by atoms with Crippen molar-refractivity contribution in [1.29, 1.82) is 0 Å². The van der Waals surface area contributed by atoms with Gasteiger partial charge in [0.2, 0.25) is 11.6 Å². The SMILES string of the molecule is Br.O=C1C=C2CCNCC(c3cccc(Cl)c3)C2=CC1=O. The number of halogens is 2. The first-order valence-corrected chi connectivity index (χ1v) is 7.00. The van der Waals surface area contributed by atoms with Gasteiger partial charge in [0.05, 0.1) is 0 Å². The van der Waals surface area contributed by atoms with Gasteiger partial charge in [-0.1, -0.05) is 23.7 Å². The van der Waals surface area contributed by atoms with Gasteiger partial charge in [-0.3, -0.25) is 9.59 Å². The molecule has 0 bridgehead atoms. The standard InChI is InChI=1S/C16H14ClNO2.BrH/c17-12-3-1-2-10(6-12)14-9-18-5-4-11-7-15(19)16(20)8-13(11)14;/h1-3,6-8,14,18H,4-5,9H2;1H. The lowest BCUT2D eigenvalue weighted by Gasteiger charge is -2.21. The smallest absolute Gasteiger partial charge is 0.226 e. The predicted octanol–water partition coefficient (Wildman–Crippen LogP) is 3.00. The van der Waals surface area contributed by atoms with E-state index in [4.69, 9.17) is 11.6 Å². The second kappa shape index (κ2) is 6.69. The van der Waals surface area contributed by atoms with Crippen LogP contribution in [0.5, 0.6) is 0 Å². The number of fused-ring (bicyclic) bond motifs is 1. The molecule has 5 heteroatoms. The number of rotatable bonds is 1. The second-order valence-electron chi connectivity index (χ2n) is 5.06. The van der Waals surface area contributed by atoms with E-state index in [2.05, 4.69) is 5.32 Å². The molecule has 0 radical (unpaired) electrons. The van der Waals surface area contributed by atoms with Crippen molar-refractivity contribution in [2.75, 3.05) is 13.1 Å². The van der Waals surface area contributed by atoms with E-state index in [1.54, 1.807) is 0 Å². The van der Waals surface area contributed by atoms with E-state index in [0.29, 0.717) is 5.02 Å². The Morgan fingerprint density at radius 2 is 1.90 bits per heavy atom. The quantitative estimate of drug-likeness (QED) is 0.612. The molecule has 0 spiro atoms. The van der Waals surface area contributed by atoms with E-state index in [-0.39, 0.29) is 22.9 Å². The summed E-state index contributed by atoms with van der Waals surface area (Å²) in [5.41, 5.74) is 2.97. The van der Waals surface area contributed by atoms with Gasteiger partial charge < -0.3 is 5.32 Å². The summed E-state index contributed by atoms with van der Waals surface area (Å²) in [6.45, 7) is 1.55. The molecule has 1 aromatic rings. The molecule has 3 nitrogen and oxygen atoms in total. The molecule has 1 aromatic carbocycles. The van der Waals surface area contributed by atoms with Crippen LogP contribution >= 0.6 is 28.6 Å². The van der Waals surface area contributed by atoms with E-state index in [9.17, 15) is 9.59 Å². The third-order valence-electron chi connectivity index (χ3n) is 3.75. The second-order valence-corrected chi connectivity index (χ2v) is 5.50. The van der Waals surface area contributed by atoms with Gasteiger partial charge in [0.15, 0.2) is 0 Å². The molecule has 0 saturated carbocycles. The van der Waals surface area contributed by atoms with Gasteiger partial charge in [0.1, 0.15) is 0 Å². The normalized spacial score (nSPS) is 21.7. The van der Waals surface area contributed by atoms with Gasteiger partial charge in [-0.25, -0.2) is 0 Å². The lowest BCUT2D eigenvalue weighted by atomic mass is 9.82. The van der Waals surface area contributed by atoms with E-state index < -0.39 is 11.6 Å². The van der Waals surface area contributed by atoms with Gasteiger partial charge >= 0.3 is 0 Å². The fourth-order valence-corrected chi connectivity index (χ4v) is 2.96. The number of ketones is 2. The molecule has 1 unspecified atom stereocenters. The molecule has 1 N–H and O–H groups in total. The maximum Gasteiger partial charge on any atom is 0.226 e. The van der Waals surface area contributed by atoms with Crippen molar-refractivity contribution in [3.8, 4) is 0 Å². The van der Waals surface area contributed by atoms with Crippen LogP contribution in [0.15, 0.2) is 47.6 Å². The Morgan fingerprint density at radius 3 is 2.67 bits per heavy atom. The van der Waals surface area contributed by atoms with Crippen LogP contribution in [-0.2, 0) is 9.59 Å². The van der Waals surface area contributed by atoms with E-state index >= 15 is 0 Å². The maximum absolute atomic E-state index is 11.7. The van der Waals surface area contributed by atoms with Gasteiger partial charge in [0, 0.05) is 17.5 Å². The summed E-state index contributed by atoms with van der Waals surface area (Å²) >= 11 is 6.06. The molecule has 1 aliphatic carbocycles. The number of hydrogen-bond donors (Lipinski definition) is 1. The first-order valence-electron chi connectivity index (χ1n) is 6.62. The largest absolute Gasteiger partial charge is 0.315 e. The van der Waals surface area contributed by atoms with Crippen LogP contribution in [-0.4, -0.2) is 24.7 Å². The Kier molecular flexibility index (Phi) is 5.14. The van der Waals surface area contributed by atoms with Crippen LogP contribution in [0.3, 0.4) is 0 Å². The molecular weight excluding hydrogens is 354 g/mol. The lowest BCUT2D eigenvalue weighted by molar-refractivity contribution is -0.131. The monoisotopic (exact) mass is 367 g/mol. The summed E-state index contributed by atoms with van der Waals surface area (Å²) in [6.07, 6.45) is 3.75. The van der Waals surface area contributed by atoms with Crippen molar-refractivity contribution in [1.82, 2.24) is 5.32 Å².